The molecule has 0 saturated heterocycles. The molecule has 0 amide bonds. The highest BCUT2D eigenvalue weighted by Crippen LogP contribution is 2.24. The molecule has 112 valence electrons. The lowest BCUT2D eigenvalue weighted by Crippen LogP contribution is -2.20. The fraction of sp³-hybridized carbons (Fsp3) is 0.294. The Bertz CT molecular complexity index is 586. The highest BCUT2D eigenvalue weighted by molar-refractivity contribution is 9.10. The maximum Gasteiger partial charge on any atom is 0.118 e. The quantitative estimate of drug-likeness (QED) is 0.742. The molecule has 2 rings (SSSR count). The normalized spacial score (nSPS) is 12.2. The molecule has 1 unspecified atom stereocenters. The van der Waals surface area contributed by atoms with Crippen molar-refractivity contribution in [2.75, 3.05) is 7.11 Å². The van der Waals surface area contributed by atoms with Crippen molar-refractivity contribution in [1.82, 2.24) is 5.32 Å². The minimum absolute atomic E-state index is 0.318. The summed E-state index contributed by atoms with van der Waals surface area (Å²) in [6.07, 6.45) is 1.02. The zero-order chi connectivity index (χ0) is 15.2. The van der Waals surface area contributed by atoms with Crippen LogP contribution in [0.4, 0.5) is 0 Å². The third kappa shape index (κ3) is 4.47. The van der Waals surface area contributed by atoms with E-state index in [4.69, 9.17) is 16.3 Å². The SMILES string of the molecule is CCC(NCc1ccc(Br)c(Cl)c1)c1ccc(OC)cc1. The van der Waals surface area contributed by atoms with Crippen LogP contribution in [0.25, 0.3) is 0 Å². The number of halogens is 2. The van der Waals surface area contributed by atoms with Crippen molar-refractivity contribution in [3.8, 4) is 5.75 Å². The van der Waals surface area contributed by atoms with Gasteiger partial charge < -0.3 is 10.1 Å². The summed E-state index contributed by atoms with van der Waals surface area (Å²) in [6, 6.07) is 14.6. The Kier molecular flexibility index (Phi) is 6.09. The molecule has 1 atom stereocenters. The van der Waals surface area contributed by atoms with Crippen LogP contribution >= 0.6 is 27.5 Å². The molecule has 2 aromatic rings. The van der Waals surface area contributed by atoms with E-state index in [-0.39, 0.29) is 0 Å². The first-order valence-electron chi connectivity index (χ1n) is 6.95. The van der Waals surface area contributed by atoms with E-state index in [9.17, 15) is 0 Å². The lowest BCUT2D eigenvalue weighted by Gasteiger charge is -2.18. The molecule has 2 aromatic carbocycles. The molecule has 0 radical (unpaired) electrons. The van der Waals surface area contributed by atoms with Crippen LogP contribution < -0.4 is 10.1 Å². The average Bonchev–Trinajstić information content (AvgIpc) is 2.52. The van der Waals surface area contributed by atoms with Crippen molar-refractivity contribution in [3.05, 3.63) is 63.1 Å². The second kappa shape index (κ2) is 7.83. The van der Waals surface area contributed by atoms with Crippen molar-refractivity contribution in [1.29, 1.82) is 0 Å². The van der Waals surface area contributed by atoms with Gasteiger partial charge in [0.2, 0.25) is 0 Å². The van der Waals surface area contributed by atoms with Gasteiger partial charge in [0.05, 0.1) is 12.1 Å². The molecule has 21 heavy (non-hydrogen) atoms. The van der Waals surface area contributed by atoms with Gasteiger partial charge in [0.15, 0.2) is 0 Å². The molecule has 4 heteroatoms. The summed E-state index contributed by atoms with van der Waals surface area (Å²) >= 11 is 9.53. The van der Waals surface area contributed by atoms with Crippen LogP contribution in [0.2, 0.25) is 5.02 Å². The summed E-state index contributed by atoms with van der Waals surface area (Å²) in [6.45, 7) is 2.97. The number of ether oxygens (including phenoxy) is 1. The minimum atomic E-state index is 0.318. The van der Waals surface area contributed by atoms with E-state index in [2.05, 4.69) is 46.4 Å². The van der Waals surface area contributed by atoms with Crippen molar-refractivity contribution >= 4 is 27.5 Å². The molecule has 0 aromatic heterocycles. The van der Waals surface area contributed by atoms with Gasteiger partial charge in [0, 0.05) is 17.1 Å². The van der Waals surface area contributed by atoms with Gasteiger partial charge in [-0.1, -0.05) is 36.7 Å². The van der Waals surface area contributed by atoms with Crippen LogP contribution in [0.3, 0.4) is 0 Å². The Labute approximate surface area is 139 Å². The number of hydrogen-bond donors (Lipinski definition) is 1. The average molecular weight is 369 g/mol. The molecule has 1 N–H and O–H groups in total. The second-order valence-corrected chi connectivity index (χ2v) is 6.12. The van der Waals surface area contributed by atoms with Crippen LogP contribution in [0, 0.1) is 0 Å². The molecule has 0 saturated carbocycles. The molecular formula is C17H19BrClNO. The highest BCUT2D eigenvalue weighted by atomic mass is 79.9. The van der Waals surface area contributed by atoms with Gasteiger partial charge in [-0.25, -0.2) is 0 Å². The number of hydrogen-bond acceptors (Lipinski definition) is 2. The Balaban J connectivity index is 2.02. The van der Waals surface area contributed by atoms with Crippen LogP contribution in [0.1, 0.15) is 30.5 Å². The zero-order valence-electron chi connectivity index (χ0n) is 12.2. The van der Waals surface area contributed by atoms with Gasteiger partial charge in [-0.2, -0.15) is 0 Å². The number of benzene rings is 2. The fourth-order valence-electron chi connectivity index (χ4n) is 2.22. The molecule has 2 nitrogen and oxygen atoms in total. The van der Waals surface area contributed by atoms with Gasteiger partial charge in [0.1, 0.15) is 5.75 Å². The molecule has 0 bridgehead atoms. The number of rotatable bonds is 6. The van der Waals surface area contributed by atoms with Gasteiger partial charge >= 0.3 is 0 Å². The first kappa shape index (κ1) is 16.3. The fourth-order valence-corrected chi connectivity index (χ4v) is 2.67. The monoisotopic (exact) mass is 367 g/mol. The highest BCUT2D eigenvalue weighted by Gasteiger charge is 2.09. The van der Waals surface area contributed by atoms with Gasteiger partial charge in [-0.05, 0) is 57.7 Å². The largest absolute Gasteiger partial charge is 0.497 e. The van der Waals surface area contributed by atoms with Crippen molar-refractivity contribution in [2.24, 2.45) is 0 Å². The molecular weight excluding hydrogens is 350 g/mol. The van der Waals surface area contributed by atoms with Crippen LogP contribution in [-0.2, 0) is 6.54 Å². The predicted octanol–water partition coefficient (Wildman–Crippen LogP) is 5.35. The molecule has 0 aliphatic rings. The van der Waals surface area contributed by atoms with Crippen molar-refractivity contribution in [3.63, 3.8) is 0 Å². The van der Waals surface area contributed by atoms with E-state index >= 15 is 0 Å². The van der Waals surface area contributed by atoms with Crippen LogP contribution in [-0.4, -0.2) is 7.11 Å². The smallest absolute Gasteiger partial charge is 0.118 e. The topological polar surface area (TPSA) is 21.3 Å². The third-order valence-electron chi connectivity index (χ3n) is 3.46. The van der Waals surface area contributed by atoms with Crippen molar-refractivity contribution < 1.29 is 4.74 Å². The van der Waals surface area contributed by atoms with Gasteiger partial charge in [-0.3, -0.25) is 0 Å². The van der Waals surface area contributed by atoms with E-state index in [1.165, 1.54) is 11.1 Å². The Morgan fingerprint density at radius 3 is 2.48 bits per heavy atom. The molecule has 0 aliphatic carbocycles. The second-order valence-electron chi connectivity index (χ2n) is 4.86. The molecule has 0 spiro atoms. The molecule has 0 heterocycles. The first-order valence-corrected chi connectivity index (χ1v) is 8.12. The predicted molar refractivity (Wildman–Crippen MR) is 92.0 cm³/mol. The van der Waals surface area contributed by atoms with Gasteiger partial charge in [0.25, 0.3) is 0 Å². The summed E-state index contributed by atoms with van der Waals surface area (Å²) in [5.41, 5.74) is 2.44. The summed E-state index contributed by atoms with van der Waals surface area (Å²) in [4.78, 5) is 0. The van der Waals surface area contributed by atoms with Gasteiger partial charge in [-0.15, -0.1) is 0 Å². The number of nitrogens with one attached hydrogen (secondary N) is 1. The summed E-state index contributed by atoms with van der Waals surface area (Å²) < 4.78 is 6.12. The molecule has 0 fully saturated rings. The van der Waals surface area contributed by atoms with E-state index < -0.39 is 0 Å². The number of methoxy groups -OCH3 is 1. The zero-order valence-corrected chi connectivity index (χ0v) is 14.5. The van der Waals surface area contributed by atoms with Crippen LogP contribution in [0.15, 0.2) is 46.9 Å². The van der Waals surface area contributed by atoms with E-state index in [0.717, 1.165) is 28.2 Å². The molecule has 0 aliphatic heterocycles. The van der Waals surface area contributed by atoms with E-state index in [1.807, 2.05) is 24.3 Å². The van der Waals surface area contributed by atoms with E-state index in [1.54, 1.807) is 7.11 Å². The summed E-state index contributed by atoms with van der Waals surface area (Å²) in [5.74, 6) is 0.883. The maximum absolute atomic E-state index is 6.12. The maximum atomic E-state index is 6.12. The summed E-state index contributed by atoms with van der Waals surface area (Å²) in [5, 5.41) is 4.31. The van der Waals surface area contributed by atoms with Crippen LogP contribution in [0.5, 0.6) is 5.75 Å². The van der Waals surface area contributed by atoms with E-state index in [0.29, 0.717) is 6.04 Å². The Morgan fingerprint density at radius 1 is 1.19 bits per heavy atom. The lowest BCUT2D eigenvalue weighted by molar-refractivity contribution is 0.414. The van der Waals surface area contributed by atoms with Crippen molar-refractivity contribution in [2.45, 2.75) is 25.9 Å². The Hall–Kier alpha value is -1.03. The standard InChI is InChI=1S/C17H19BrClNO/c1-3-17(13-5-7-14(21-2)8-6-13)20-11-12-4-9-15(18)16(19)10-12/h4-10,17,20H,3,11H2,1-2H3. The summed E-state index contributed by atoms with van der Waals surface area (Å²) in [7, 11) is 1.68. The minimum Gasteiger partial charge on any atom is -0.497 e. The lowest BCUT2D eigenvalue weighted by atomic mass is 10.0. The third-order valence-corrected chi connectivity index (χ3v) is 4.70. The first-order chi connectivity index (χ1) is 10.1. The Morgan fingerprint density at radius 2 is 1.90 bits per heavy atom.